The number of hydrogen-bond acceptors (Lipinski definition) is 3. The topological polar surface area (TPSA) is 70.7 Å². The fourth-order valence-corrected chi connectivity index (χ4v) is 2.30. The first kappa shape index (κ1) is 16.1. The number of nitrogens with zero attached hydrogens (tertiary/aromatic N) is 2. The third-order valence-corrected chi connectivity index (χ3v) is 3.65. The van der Waals surface area contributed by atoms with Gasteiger partial charge in [0, 0.05) is 23.6 Å². The number of nitrogens with one attached hydrogen (secondary N) is 2. The van der Waals surface area contributed by atoms with Crippen molar-refractivity contribution in [2.75, 3.05) is 6.54 Å². The Kier molecular flexibility index (Phi) is 4.86. The molecule has 122 valence electrons. The summed E-state index contributed by atoms with van der Waals surface area (Å²) in [5, 5.41) is 10.3. The van der Waals surface area contributed by atoms with Crippen molar-refractivity contribution in [2.45, 2.75) is 6.42 Å². The Balaban J connectivity index is 1.57. The molecule has 2 aromatic carbocycles. The van der Waals surface area contributed by atoms with E-state index in [1.54, 1.807) is 24.3 Å². The number of hydrogen-bond donors (Lipinski definition) is 2. The number of rotatable bonds is 5. The summed E-state index contributed by atoms with van der Waals surface area (Å²) in [6, 6.07) is 13.0. The molecule has 0 spiro atoms. The van der Waals surface area contributed by atoms with Gasteiger partial charge < -0.3 is 5.32 Å². The smallest absolute Gasteiger partial charge is 0.254 e. The van der Waals surface area contributed by atoms with Crippen LogP contribution in [0.1, 0.15) is 16.2 Å². The highest BCUT2D eigenvalue weighted by atomic mass is 35.5. The quantitative estimate of drug-likeness (QED) is 0.746. The summed E-state index contributed by atoms with van der Waals surface area (Å²) in [6.45, 7) is 0.322. The Labute approximate surface area is 142 Å². The van der Waals surface area contributed by atoms with E-state index in [1.807, 2.05) is 12.1 Å². The Hall–Kier alpha value is -2.73. The van der Waals surface area contributed by atoms with Crippen molar-refractivity contribution < 1.29 is 9.18 Å². The van der Waals surface area contributed by atoms with E-state index in [9.17, 15) is 9.18 Å². The molecule has 0 atom stereocenters. The lowest BCUT2D eigenvalue weighted by atomic mass is 10.2. The van der Waals surface area contributed by atoms with E-state index in [1.165, 1.54) is 12.1 Å². The summed E-state index contributed by atoms with van der Waals surface area (Å²) in [5.41, 5.74) is 0.870. The van der Waals surface area contributed by atoms with Crippen LogP contribution in [0.15, 0.2) is 48.5 Å². The Bertz CT molecular complexity index is 848. The molecule has 3 rings (SSSR count). The average molecular weight is 345 g/mol. The van der Waals surface area contributed by atoms with E-state index in [2.05, 4.69) is 20.5 Å². The zero-order valence-corrected chi connectivity index (χ0v) is 13.3. The Morgan fingerprint density at radius 3 is 2.67 bits per heavy atom. The number of H-pyrrole nitrogens is 1. The lowest BCUT2D eigenvalue weighted by Gasteiger charge is -2.04. The molecule has 1 amide bonds. The van der Waals surface area contributed by atoms with Crippen LogP contribution in [-0.4, -0.2) is 27.6 Å². The minimum atomic E-state index is -0.542. The highest BCUT2D eigenvalue weighted by Gasteiger charge is 2.11. The molecule has 0 fully saturated rings. The van der Waals surface area contributed by atoms with E-state index in [4.69, 9.17) is 11.6 Å². The molecule has 0 unspecified atom stereocenters. The molecule has 2 N–H and O–H groups in total. The van der Waals surface area contributed by atoms with Gasteiger partial charge in [-0.25, -0.2) is 9.37 Å². The molecule has 1 heterocycles. The maximum absolute atomic E-state index is 13.5. The van der Waals surface area contributed by atoms with E-state index in [0.717, 1.165) is 5.56 Å². The molecule has 0 saturated heterocycles. The summed E-state index contributed by atoms with van der Waals surface area (Å²) in [7, 11) is 0. The number of aromatic nitrogens is 3. The monoisotopic (exact) mass is 344 g/mol. The zero-order chi connectivity index (χ0) is 16.9. The normalized spacial score (nSPS) is 10.6. The fourth-order valence-electron chi connectivity index (χ4n) is 2.17. The second-order valence-corrected chi connectivity index (χ2v) is 5.53. The standard InChI is InChI=1S/C17H14ClFN4O/c18-12-7-5-11(6-8-12)16-21-15(22-23-16)9-10-20-17(24)13-3-1-2-4-14(13)19/h1-8H,9-10H2,(H,20,24)(H,21,22,23). The van der Waals surface area contributed by atoms with Crippen molar-refractivity contribution in [3.63, 3.8) is 0 Å². The second kappa shape index (κ2) is 7.23. The number of carbonyl (C=O) groups excluding carboxylic acids is 1. The molecular formula is C17H14ClFN4O. The van der Waals surface area contributed by atoms with Crippen LogP contribution in [0.2, 0.25) is 5.02 Å². The SMILES string of the molecule is O=C(NCCc1nc(-c2ccc(Cl)cc2)n[nH]1)c1ccccc1F. The van der Waals surface area contributed by atoms with Crippen molar-refractivity contribution in [3.8, 4) is 11.4 Å². The van der Waals surface area contributed by atoms with Crippen LogP contribution < -0.4 is 5.32 Å². The maximum atomic E-state index is 13.5. The largest absolute Gasteiger partial charge is 0.351 e. The van der Waals surface area contributed by atoms with Crippen LogP contribution in [0.25, 0.3) is 11.4 Å². The van der Waals surface area contributed by atoms with Gasteiger partial charge in [0.25, 0.3) is 5.91 Å². The summed E-state index contributed by atoms with van der Waals surface area (Å²) in [6.07, 6.45) is 0.459. The van der Waals surface area contributed by atoms with Gasteiger partial charge in [-0.1, -0.05) is 23.7 Å². The molecule has 0 aliphatic heterocycles. The molecule has 0 aliphatic carbocycles. The van der Waals surface area contributed by atoms with E-state index >= 15 is 0 Å². The lowest BCUT2D eigenvalue weighted by molar-refractivity contribution is 0.0950. The van der Waals surface area contributed by atoms with Crippen molar-refractivity contribution in [1.82, 2.24) is 20.5 Å². The van der Waals surface area contributed by atoms with Crippen LogP contribution in [0.3, 0.4) is 0 Å². The van der Waals surface area contributed by atoms with E-state index in [0.29, 0.717) is 29.6 Å². The van der Waals surface area contributed by atoms with Crippen LogP contribution in [0, 0.1) is 5.82 Å². The number of benzene rings is 2. The highest BCUT2D eigenvalue weighted by molar-refractivity contribution is 6.30. The molecule has 0 bridgehead atoms. The van der Waals surface area contributed by atoms with Gasteiger partial charge in [0.1, 0.15) is 11.6 Å². The van der Waals surface area contributed by atoms with Crippen LogP contribution >= 0.6 is 11.6 Å². The average Bonchev–Trinajstić information content (AvgIpc) is 3.04. The van der Waals surface area contributed by atoms with Gasteiger partial charge in [0.05, 0.1) is 5.56 Å². The lowest BCUT2D eigenvalue weighted by Crippen LogP contribution is -2.26. The second-order valence-electron chi connectivity index (χ2n) is 5.10. The van der Waals surface area contributed by atoms with Gasteiger partial charge in [-0.2, -0.15) is 5.10 Å². The third kappa shape index (κ3) is 3.78. The third-order valence-electron chi connectivity index (χ3n) is 3.40. The van der Waals surface area contributed by atoms with Crippen LogP contribution in [0.5, 0.6) is 0 Å². The molecule has 0 aliphatic rings. The van der Waals surface area contributed by atoms with Gasteiger partial charge in [-0.3, -0.25) is 9.89 Å². The van der Waals surface area contributed by atoms with Crippen molar-refractivity contribution in [3.05, 3.63) is 70.8 Å². The minimum Gasteiger partial charge on any atom is -0.351 e. The molecule has 0 saturated carbocycles. The van der Waals surface area contributed by atoms with Crippen LogP contribution in [0.4, 0.5) is 4.39 Å². The molecule has 24 heavy (non-hydrogen) atoms. The minimum absolute atomic E-state index is 0.0249. The number of carbonyl (C=O) groups is 1. The highest BCUT2D eigenvalue weighted by Crippen LogP contribution is 2.17. The Morgan fingerprint density at radius 2 is 1.92 bits per heavy atom. The number of amides is 1. The van der Waals surface area contributed by atoms with Crippen LogP contribution in [-0.2, 0) is 6.42 Å². The first-order valence-corrected chi connectivity index (χ1v) is 7.71. The molecule has 7 heteroatoms. The summed E-state index contributed by atoms with van der Waals surface area (Å²) in [4.78, 5) is 16.3. The van der Waals surface area contributed by atoms with Crippen molar-refractivity contribution in [2.24, 2.45) is 0 Å². The summed E-state index contributed by atoms with van der Waals surface area (Å²) in [5.74, 6) is 0.195. The molecule has 0 radical (unpaired) electrons. The summed E-state index contributed by atoms with van der Waals surface area (Å²) >= 11 is 5.85. The van der Waals surface area contributed by atoms with Gasteiger partial charge in [-0.05, 0) is 36.4 Å². The molecule has 3 aromatic rings. The molecule has 1 aromatic heterocycles. The van der Waals surface area contributed by atoms with Gasteiger partial charge in [0.15, 0.2) is 5.82 Å². The predicted molar refractivity (Wildman–Crippen MR) is 89.3 cm³/mol. The Morgan fingerprint density at radius 1 is 1.17 bits per heavy atom. The van der Waals surface area contributed by atoms with E-state index < -0.39 is 11.7 Å². The number of halogens is 2. The van der Waals surface area contributed by atoms with Gasteiger partial charge in [0.2, 0.25) is 0 Å². The fraction of sp³-hybridized carbons (Fsp3) is 0.118. The first-order chi connectivity index (χ1) is 11.6. The van der Waals surface area contributed by atoms with Gasteiger partial charge >= 0.3 is 0 Å². The maximum Gasteiger partial charge on any atom is 0.254 e. The molecule has 5 nitrogen and oxygen atoms in total. The van der Waals surface area contributed by atoms with Gasteiger partial charge in [-0.15, -0.1) is 0 Å². The van der Waals surface area contributed by atoms with Crippen molar-refractivity contribution >= 4 is 17.5 Å². The summed E-state index contributed by atoms with van der Waals surface area (Å²) < 4.78 is 13.5. The zero-order valence-electron chi connectivity index (χ0n) is 12.6. The van der Waals surface area contributed by atoms with E-state index in [-0.39, 0.29) is 5.56 Å². The first-order valence-electron chi connectivity index (χ1n) is 7.33. The number of aromatic amines is 1. The molecular weight excluding hydrogens is 331 g/mol. The predicted octanol–water partition coefficient (Wildman–Crippen LogP) is 3.24. The van der Waals surface area contributed by atoms with Crippen molar-refractivity contribution in [1.29, 1.82) is 0 Å².